The molecule has 1 atom stereocenters. The fourth-order valence-electron chi connectivity index (χ4n) is 1.82. The first-order valence-corrected chi connectivity index (χ1v) is 6.93. The van der Waals surface area contributed by atoms with E-state index in [1.807, 2.05) is 45.0 Å². The van der Waals surface area contributed by atoms with Crippen molar-refractivity contribution in [3.8, 4) is 0 Å². The number of carbonyl (C=O) groups is 1. The molecular formula is C15H20N4O2. The molecule has 0 spiro atoms. The van der Waals surface area contributed by atoms with Crippen LogP contribution in [0.3, 0.4) is 0 Å². The van der Waals surface area contributed by atoms with Crippen LogP contribution < -0.4 is 10.6 Å². The summed E-state index contributed by atoms with van der Waals surface area (Å²) in [5, 5.41) is 9.96. The Hall–Kier alpha value is -2.37. The molecule has 112 valence electrons. The van der Waals surface area contributed by atoms with E-state index in [-0.39, 0.29) is 17.9 Å². The molecule has 6 heteroatoms. The molecule has 6 nitrogen and oxygen atoms in total. The summed E-state index contributed by atoms with van der Waals surface area (Å²) in [7, 11) is 0. The minimum absolute atomic E-state index is 0.0865. The van der Waals surface area contributed by atoms with Gasteiger partial charge in [0.05, 0.1) is 0 Å². The van der Waals surface area contributed by atoms with Crippen molar-refractivity contribution in [1.82, 2.24) is 10.1 Å². The van der Waals surface area contributed by atoms with E-state index in [0.29, 0.717) is 11.7 Å². The van der Waals surface area contributed by atoms with Gasteiger partial charge in [-0.15, -0.1) is 0 Å². The molecule has 21 heavy (non-hydrogen) atoms. The lowest BCUT2D eigenvalue weighted by Crippen LogP contribution is -2.08. The Morgan fingerprint density at radius 2 is 1.76 bits per heavy atom. The van der Waals surface area contributed by atoms with E-state index in [2.05, 4.69) is 20.8 Å². The Kier molecular flexibility index (Phi) is 4.57. The molecule has 0 aliphatic heterocycles. The zero-order valence-electron chi connectivity index (χ0n) is 12.7. The van der Waals surface area contributed by atoms with E-state index in [0.717, 1.165) is 11.4 Å². The summed E-state index contributed by atoms with van der Waals surface area (Å²) in [6.45, 7) is 7.48. The average Bonchev–Trinajstić information content (AvgIpc) is 2.90. The highest BCUT2D eigenvalue weighted by Gasteiger charge is 2.15. The molecule has 0 aliphatic rings. The summed E-state index contributed by atoms with van der Waals surface area (Å²) in [5.74, 6) is 1.42. The molecule has 0 bridgehead atoms. The van der Waals surface area contributed by atoms with Crippen molar-refractivity contribution in [2.24, 2.45) is 0 Å². The van der Waals surface area contributed by atoms with Gasteiger partial charge in [0.1, 0.15) is 6.04 Å². The SMILES string of the molecule is CC(=O)Nc1ccc(N[C@H](C)c2nc(C(C)C)no2)cc1. The van der Waals surface area contributed by atoms with Gasteiger partial charge in [0.15, 0.2) is 5.82 Å². The minimum Gasteiger partial charge on any atom is -0.374 e. The van der Waals surface area contributed by atoms with E-state index in [4.69, 9.17) is 4.52 Å². The van der Waals surface area contributed by atoms with Crippen LogP contribution in [0.15, 0.2) is 28.8 Å². The molecule has 1 heterocycles. The molecule has 1 amide bonds. The lowest BCUT2D eigenvalue weighted by atomic mass is 10.2. The summed E-state index contributed by atoms with van der Waals surface area (Å²) >= 11 is 0. The van der Waals surface area contributed by atoms with E-state index < -0.39 is 0 Å². The quantitative estimate of drug-likeness (QED) is 0.882. The molecule has 2 N–H and O–H groups in total. The fraction of sp³-hybridized carbons (Fsp3) is 0.400. The van der Waals surface area contributed by atoms with Crippen LogP contribution in [0.2, 0.25) is 0 Å². The first-order valence-electron chi connectivity index (χ1n) is 6.93. The van der Waals surface area contributed by atoms with Crippen molar-refractivity contribution in [3.05, 3.63) is 36.0 Å². The predicted octanol–water partition coefficient (Wildman–Crippen LogP) is 3.32. The third-order valence-corrected chi connectivity index (χ3v) is 2.93. The number of nitrogens with zero attached hydrogens (tertiary/aromatic N) is 2. The third-order valence-electron chi connectivity index (χ3n) is 2.93. The molecule has 1 aromatic carbocycles. The van der Waals surface area contributed by atoms with Gasteiger partial charge in [-0.25, -0.2) is 0 Å². The van der Waals surface area contributed by atoms with Gasteiger partial charge >= 0.3 is 0 Å². The summed E-state index contributed by atoms with van der Waals surface area (Å²) < 4.78 is 5.26. The minimum atomic E-state index is -0.0869. The number of nitrogens with one attached hydrogen (secondary N) is 2. The Morgan fingerprint density at radius 1 is 1.14 bits per heavy atom. The van der Waals surface area contributed by atoms with Gasteiger partial charge in [0.25, 0.3) is 0 Å². The lowest BCUT2D eigenvalue weighted by Gasteiger charge is -2.11. The zero-order chi connectivity index (χ0) is 15.4. The van der Waals surface area contributed by atoms with Crippen LogP contribution in [-0.4, -0.2) is 16.0 Å². The number of anilines is 2. The van der Waals surface area contributed by atoms with Crippen LogP contribution in [0.4, 0.5) is 11.4 Å². The average molecular weight is 288 g/mol. The second-order valence-corrected chi connectivity index (χ2v) is 5.27. The highest BCUT2D eigenvalue weighted by molar-refractivity contribution is 5.88. The highest BCUT2D eigenvalue weighted by Crippen LogP contribution is 2.21. The van der Waals surface area contributed by atoms with E-state index in [1.54, 1.807) is 0 Å². The topological polar surface area (TPSA) is 80.0 Å². The lowest BCUT2D eigenvalue weighted by molar-refractivity contribution is -0.114. The van der Waals surface area contributed by atoms with Crippen LogP contribution in [0.1, 0.15) is 51.4 Å². The van der Waals surface area contributed by atoms with Gasteiger partial charge in [0, 0.05) is 24.2 Å². The number of aromatic nitrogens is 2. The van der Waals surface area contributed by atoms with E-state index in [1.165, 1.54) is 6.92 Å². The van der Waals surface area contributed by atoms with Gasteiger partial charge in [-0.1, -0.05) is 19.0 Å². The first-order chi connectivity index (χ1) is 9.95. The predicted molar refractivity (Wildman–Crippen MR) is 81.2 cm³/mol. The first kappa shape index (κ1) is 15.0. The third kappa shape index (κ3) is 4.05. The molecular weight excluding hydrogens is 268 g/mol. The molecule has 0 aliphatic carbocycles. The molecule has 0 unspecified atom stereocenters. The maximum atomic E-state index is 11.0. The molecule has 2 aromatic rings. The standard InChI is InChI=1S/C15H20N4O2/c1-9(2)14-18-15(21-19-14)10(3)16-12-5-7-13(8-6-12)17-11(4)20/h5-10,16H,1-4H3,(H,17,20)/t10-/m1/s1. The number of amides is 1. The summed E-state index contributed by atoms with van der Waals surface area (Å²) in [6, 6.07) is 7.37. The van der Waals surface area contributed by atoms with E-state index >= 15 is 0 Å². The van der Waals surface area contributed by atoms with Crippen molar-refractivity contribution in [1.29, 1.82) is 0 Å². The second kappa shape index (κ2) is 6.39. The van der Waals surface area contributed by atoms with Gasteiger partial charge < -0.3 is 15.2 Å². The fourth-order valence-corrected chi connectivity index (χ4v) is 1.82. The number of rotatable bonds is 5. The van der Waals surface area contributed by atoms with Crippen molar-refractivity contribution in [2.45, 2.75) is 39.7 Å². The Balaban J connectivity index is 2.01. The van der Waals surface area contributed by atoms with Gasteiger partial charge in [-0.3, -0.25) is 4.79 Å². The van der Waals surface area contributed by atoms with Gasteiger partial charge in [0.2, 0.25) is 11.8 Å². The number of benzene rings is 1. The maximum absolute atomic E-state index is 11.0. The van der Waals surface area contributed by atoms with E-state index in [9.17, 15) is 4.79 Å². The zero-order valence-corrected chi connectivity index (χ0v) is 12.7. The van der Waals surface area contributed by atoms with Gasteiger partial charge in [-0.05, 0) is 31.2 Å². The molecule has 1 aromatic heterocycles. The van der Waals surface area contributed by atoms with Crippen LogP contribution >= 0.6 is 0 Å². The summed E-state index contributed by atoms with van der Waals surface area (Å²) in [4.78, 5) is 15.3. The van der Waals surface area contributed by atoms with Crippen LogP contribution in [-0.2, 0) is 4.79 Å². The number of hydrogen-bond donors (Lipinski definition) is 2. The molecule has 2 rings (SSSR count). The normalized spacial score (nSPS) is 12.2. The monoisotopic (exact) mass is 288 g/mol. The molecule has 0 saturated heterocycles. The number of carbonyl (C=O) groups excluding carboxylic acids is 1. The summed E-state index contributed by atoms with van der Waals surface area (Å²) in [5.41, 5.74) is 1.68. The Labute approximate surface area is 123 Å². The maximum Gasteiger partial charge on any atom is 0.248 e. The Morgan fingerprint density at radius 3 is 2.29 bits per heavy atom. The van der Waals surface area contributed by atoms with Crippen molar-refractivity contribution < 1.29 is 9.32 Å². The molecule has 0 saturated carbocycles. The van der Waals surface area contributed by atoms with Crippen LogP contribution in [0.5, 0.6) is 0 Å². The largest absolute Gasteiger partial charge is 0.374 e. The van der Waals surface area contributed by atoms with Crippen LogP contribution in [0, 0.1) is 0 Å². The number of hydrogen-bond acceptors (Lipinski definition) is 5. The molecule has 0 radical (unpaired) electrons. The van der Waals surface area contributed by atoms with Crippen molar-refractivity contribution in [3.63, 3.8) is 0 Å². The van der Waals surface area contributed by atoms with Crippen LogP contribution in [0.25, 0.3) is 0 Å². The van der Waals surface area contributed by atoms with Gasteiger partial charge in [-0.2, -0.15) is 4.98 Å². The second-order valence-electron chi connectivity index (χ2n) is 5.27. The van der Waals surface area contributed by atoms with Crippen molar-refractivity contribution in [2.75, 3.05) is 10.6 Å². The Bertz CT molecular complexity index is 604. The smallest absolute Gasteiger partial charge is 0.248 e. The van der Waals surface area contributed by atoms with Crippen molar-refractivity contribution >= 4 is 17.3 Å². The highest BCUT2D eigenvalue weighted by atomic mass is 16.5. The summed E-state index contributed by atoms with van der Waals surface area (Å²) in [6.07, 6.45) is 0. The molecule has 0 fully saturated rings.